The summed E-state index contributed by atoms with van der Waals surface area (Å²) >= 11 is 23.6. The van der Waals surface area contributed by atoms with Gasteiger partial charge in [-0.25, -0.2) is 0 Å². The lowest BCUT2D eigenvalue weighted by Crippen LogP contribution is -2.42. The molecular weight excluding hydrogens is 373 g/mol. The zero-order valence-corrected chi connectivity index (χ0v) is 11.5. The molecule has 76 valence electrons. The smallest absolute Gasteiger partial charge is 0.203 e. The third kappa shape index (κ3) is 3.70. The summed E-state index contributed by atoms with van der Waals surface area (Å²) in [5.74, 6) is -1.10. The van der Waals surface area contributed by atoms with E-state index in [1.165, 1.54) is 6.92 Å². The topological polar surface area (TPSA) is 34.1 Å². The number of rotatable bonds is 4. The average Bonchev–Trinajstić information content (AvgIpc) is 2.01. The van der Waals surface area contributed by atoms with E-state index in [0.29, 0.717) is 0 Å². The van der Waals surface area contributed by atoms with Crippen LogP contribution in [0.4, 0.5) is 0 Å². The number of hydrogen-bond donors (Lipinski definition) is 0. The van der Waals surface area contributed by atoms with Gasteiger partial charge in [0, 0.05) is 0 Å². The summed E-state index contributed by atoms with van der Waals surface area (Å²) in [5.41, 5.74) is 0. The van der Waals surface area contributed by atoms with Gasteiger partial charge in [0.2, 0.25) is 5.78 Å². The van der Waals surface area contributed by atoms with Crippen molar-refractivity contribution in [1.29, 1.82) is 0 Å². The van der Waals surface area contributed by atoms with Crippen molar-refractivity contribution in [3.05, 3.63) is 0 Å². The average molecular weight is 378 g/mol. The molecule has 0 N–H and O–H groups in total. The molecule has 0 aromatic rings. The molecule has 0 spiro atoms. The molecule has 2 nitrogen and oxygen atoms in total. The lowest BCUT2D eigenvalue weighted by molar-refractivity contribution is -0.122. The van der Waals surface area contributed by atoms with E-state index in [2.05, 4.69) is 0 Å². The van der Waals surface area contributed by atoms with Gasteiger partial charge >= 0.3 is 0 Å². The van der Waals surface area contributed by atoms with Crippen molar-refractivity contribution < 1.29 is 9.59 Å². The van der Waals surface area contributed by atoms with Gasteiger partial charge in [0.15, 0.2) is 9.17 Å². The van der Waals surface area contributed by atoms with Crippen molar-refractivity contribution >= 4 is 80.6 Å². The maximum Gasteiger partial charge on any atom is 0.203 e. The summed E-state index contributed by atoms with van der Waals surface area (Å²) < 4.78 is -2.72. The van der Waals surface area contributed by atoms with Gasteiger partial charge in [0.1, 0.15) is 9.71 Å². The molecule has 0 fully saturated rings. The summed E-state index contributed by atoms with van der Waals surface area (Å²) in [7, 11) is 0. The summed E-state index contributed by atoms with van der Waals surface area (Å²) in [6.07, 6.45) is 0. The number of alkyl halides is 5. The molecule has 0 saturated carbocycles. The summed E-state index contributed by atoms with van der Waals surface area (Å²) in [4.78, 5) is 20.8. The summed E-state index contributed by atoms with van der Waals surface area (Å²) in [5, 5.41) is 0. The van der Waals surface area contributed by atoms with Crippen LogP contribution in [0.5, 0.6) is 0 Å². The molecule has 7 heteroatoms. The molecule has 0 rings (SSSR count). The molecule has 0 aromatic carbocycles. The monoisotopic (exact) mass is 376 g/mol. The van der Waals surface area contributed by atoms with Crippen LogP contribution in [0.2, 0.25) is 0 Å². The Morgan fingerprint density at radius 2 is 1.69 bits per heavy atom. The Bertz CT molecular complexity index is 229. The lowest BCUT2D eigenvalue weighted by atomic mass is 10.2. The molecule has 0 amide bonds. The van der Waals surface area contributed by atoms with E-state index in [1.807, 2.05) is 0 Å². The molecule has 0 aliphatic rings. The van der Waals surface area contributed by atoms with Crippen LogP contribution < -0.4 is 0 Å². The highest BCUT2D eigenvalue weighted by Crippen LogP contribution is 2.35. The van der Waals surface area contributed by atoms with Crippen LogP contribution in [0.3, 0.4) is 0 Å². The van der Waals surface area contributed by atoms with E-state index >= 15 is 0 Å². The lowest BCUT2D eigenvalue weighted by Gasteiger charge is -2.22. The molecule has 0 aliphatic carbocycles. The molecule has 0 radical (unpaired) electrons. The Labute approximate surface area is 109 Å². The highest BCUT2D eigenvalue weighted by atomic mass is 127. The first kappa shape index (κ1) is 14.2. The van der Waals surface area contributed by atoms with E-state index < -0.39 is 18.9 Å². The van der Waals surface area contributed by atoms with E-state index in [0.717, 1.165) is 0 Å². The van der Waals surface area contributed by atoms with Crippen LogP contribution >= 0.6 is 69.0 Å². The molecule has 13 heavy (non-hydrogen) atoms. The largest absolute Gasteiger partial charge is 0.299 e. The SMILES string of the molecule is CC(=O)C(I)C(Cl)(Cl)C(=O)C(Cl)Cl. The maximum absolute atomic E-state index is 11.2. The number of Topliss-reactive ketones (excluding diaryl/α,β-unsaturated/α-hetero) is 2. The number of halogens is 5. The molecule has 0 saturated heterocycles. The van der Waals surface area contributed by atoms with Gasteiger partial charge in [-0.1, -0.05) is 69.0 Å². The van der Waals surface area contributed by atoms with Crippen molar-refractivity contribution in [2.45, 2.75) is 20.0 Å². The van der Waals surface area contributed by atoms with Gasteiger partial charge < -0.3 is 0 Å². The predicted molar refractivity (Wildman–Crippen MR) is 63.4 cm³/mol. The first-order chi connectivity index (χ1) is 5.71. The molecular formula is C6H5Cl4IO2. The molecule has 0 bridgehead atoms. The number of ketones is 2. The third-order valence-corrected chi connectivity index (χ3v) is 4.95. The second kappa shape index (κ2) is 5.35. The first-order valence-corrected chi connectivity index (χ1v) is 5.93. The Morgan fingerprint density at radius 3 is 1.92 bits per heavy atom. The third-order valence-electron chi connectivity index (χ3n) is 1.20. The quantitative estimate of drug-likeness (QED) is 0.557. The van der Waals surface area contributed by atoms with Crippen LogP contribution in [-0.4, -0.2) is 24.7 Å². The van der Waals surface area contributed by atoms with Gasteiger partial charge in [0.25, 0.3) is 0 Å². The standard InChI is InChI=1S/C6H5Cl4IO2/c1-2(12)3(11)6(9,10)4(13)5(7)8/h3,5H,1H3. The minimum atomic E-state index is -1.86. The van der Waals surface area contributed by atoms with Crippen LogP contribution in [0.25, 0.3) is 0 Å². The van der Waals surface area contributed by atoms with Crippen molar-refractivity contribution in [1.82, 2.24) is 0 Å². The number of carbonyl (C=O) groups excluding carboxylic acids is 2. The van der Waals surface area contributed by atoms with E-state index in [1.54, 1.807) is 22.6 Å². The fraction of sp³-hybridized carbons (Fsp3) is 0.667. The molecule has 1 atom stereocenters. The number of carbonyl (C=O) groups is 2. The van der Waals surface area contributed by atoms with E-state index in [9.17, 15) is 9.59 Å². The molecule has 0 aliphatic heterocycles. The summed E-state index contributed by atoms with van der Waals surface area (Å²) in [6, 6.07) is 0. The van der Waals surface area contributed by atoms with Gasteiger partial charge in [-0.05, 0) is 6.92 Å². The van der Waals surface area contributed by atoms with Crippen molar-refractivity contribution in [2.75, 3.05) is 0 Å². The fourth-order valence-electron chi connectivity index (χ4n) is 0.526. The first-order valence-electron chi connectivity index (χ1n) is 3.06. The van der Waals surface area contributed by atoms with Gasteiger partial charge in [-0.2, -0.15) is 0 Å². The van der Waals surface area contributed by atoms with Gasteiger partial charge in [-0.3, -0.25) is 9.59 Å². The van der Waals surface area contributed by atoms with Gasteiger partial charge in [0.05, 0.1) is 0 Å². The molecule has 0 heterocycles. The van der Waals surface area contributed by atoms with Crippen molar-refractivity contribution in [3.63, 3.8) is 0 Å². The van der Waals surface area contributed by atoms with Crippen LogP contribution in [0.15, 0.2) is 0 Å². The summed E-state index contributed by atoms with van der Waals surface area (Å²) in [6.45, 7) is 1.28. The zero-order chi connectivity index (χ0) is 10.8. The second-order valence-corrected chi connectivity index (χ2v) is 5.99. The van der Waals surface area contributed by atoms with Crippen LogP contribution in [0.1, 0.15) is 6.92 Å². The Kier molecular flexibility index (Phi) is 5.86. The van der Waals surface area contributed by atoms with Crippen molar-refractivity contribution in [3.8, 4) is 0 Å². The predicted octanol–water partition coefficient (Wildman–Crippen LogP) is 2.93. The number of hydrogen-bond acceptors (Lipinski definition) is 2. The highest BCUT2D eigenvalue weighted by molar-refractivity contribution is 14.1. The van der Waals surface area contributed by atoms with E-state index in [4.69, 9.17) is 46.4 Å². The zero-order valence-electron chi connectivity index (χ0n) is 6.36. The van der Waals surface area contributed by atoms with Crippen LogP contribution in [0, 0.1) is 0 Å². The van der Waals surface area contributed by atoms with Gasteiger partial charge in [-0.15, -0.1) is 0 Å². The molecule has 1 unspecified atom stereocenters. The normalized spacial score (nSPS) is 14.4. The second-order valence-electron chi connectivity index (χ2n) is 2.26. The molecule has 0 aromatic heterocycles. The highest BCUT2D eigenvalue weighted by Gasteiger charge is 2.45. The van der Waals surface area contributed by atoms with Crippen molar-refractivity contribution in [2.24, 2.45) is 0 Å². The minimum absolute atomic E-state index is 0.312. The van der Waals surface area contributed by atoms with Crippen LogP contribution in [-0.2, 0) is 9.59 Å². The maximum atomic E-state index is 11.2. The fourth-order valence-corrected chi connectivity index (χ4v) is 1.93. The minimum Gasteiger partial charge on any atom is -0.299 e. The Morgan fingerprint density at radius 1 is 1.31 bits per heavy atom. The Balaban J connectivity index is 4.75. The van der Waals surface area contributed by atoms with E-state index in [-0.39, 0.29) is 5.78 Å². The Hall–Kier alpha value is 1.23.